The lowest BCUT2D eigenvalue weighted by Gasteiger charge is -2.32. The van der Waals surface area contributed by atoms with Crippen LogP contribution < -0.4 is 4.72 Å². The fraction of sp³-hybridized carbons (Fsp3) is 0.227. The van der Waals surface area contributed by atoms with E-state index >= 15 is 0 Å². The maximum Gasteiger partial charge on any atom is 0.262 e. The smallest absolute Gasteiger partial charge is 0.262 e. The number of carbonyl (C=O) groups is 1. The molecule has 0 atom stereocenters. The predicted molar refractivity (Wildman–Crippen MR) is 120 cm³/mol. The van der Waals surface area contributed by atoms with E-state index in [9.17, 15) is 13.2 Å². The summed E-state index contributed by atoms with van der Waals surface area (Å²) in [7, 11) is -1.77. The zero-order valence-corrected chi connectivity index (χ0v) is 18.2. The summed E-state index contributed by atoms with van der Waals surface area (Å²) in [6, 6.07) is 18.2. The molecule has 1 amide bonds. The first kappa shape index (κ1) is 20.6. The van der Waals surface area contributed by atoms with Gasteiger partial charge in [-0.05, 0) is 41.8 Å². The molecule has 2 heterocycles. The van der Waals surface area contributed by atoms with Crippen molar-refractivity contribution in [3.63, 3.8) is 0 Å². The standard InChI is InChI=1S/C22H23N3O3S2/c1-24-12-14-25(15-13-24)22(26)20-11-16-29-21(20)23-30(27,28)19-9-7-18(8-10-19)17-5-3-2-4-6-17/h2-11,16,23H,12-15H2,1H3. The molecule has 30 heavy (non-hydrogen) atoms. The highest BCUT2D eigenvalue weighted by molar-refractivity contribution is 7.93. The van der Waals surface area contributed by atoms with Crippen LogP contribution in [-0.4, -0.2) is 57.4 Å². The summed E-state index contributed by atoms with van der Waals surface area (Å²) >= 11 is 1.22. The molecule has 156 valence electrons. The fourth-order valence-electron chi connectivity index (χ4n) is 3.37. The average Bonchev–Trinajstić information content (AvgIpc) is 3.22. The first-order valence-electron chi connectivity index (χ1n) is 9.68. The van der Waals surface area contributed by atoms with Crippen molar-refractivity contribution in [2.24, 2.45) is 0 Å². The molecule has 1 aliphatic rings. The van der Waals surface area contributed by atoms with Gasteiger partial charge in [-0.2, -0.15) is 0 Å². The minimum atomic E-state index is -3.80. The van der Waals surface area contributed by atoms with Gasteiger partial charge < -0.3 is 9.80 Å². The highest BCUT2D eigenvalue weighted by Gasteiger charge is 2.25. The van der Waals surface area contributed by atoms with Crippen LogP contribution in [-0.2, 0) is 10.0 Å². The number of anilines is 1. The predicted octanol–water partition coefficient (Wildman–Crippen LogP) is 3.60. The van der Waals surface area contributed by atoms with Crippen LogP contribution in [0.15, 0.2) is 70.9 Å². The molecule has 1 N–H and O–H groups in total. The van der Waals surface area contributed by atoms with Crippen molar-refractivity contribution < 1.29 is 13.2 Å². The van der Waals surface area contributed by atoms with Crippen molar-refractivity contribution in [3.8, 4) is 11.1 Å². The zero-order chi connectivity index (χ0) is 21.1. The summed E-state index contributed by atoms with van der Waals surface area (Å²) in [4.78, 5) is 17.0. The molecule has 0 unspecified atom stereocenters. The van der Waals surface area contributed by atoms with E-state index in [-0.39, 0.29) is 10.8 Å². The minimum Gasteiger partial charge on any atom is -0.336 e. The van der Waals surface area contributed by atoms with Crippen molar-refractivity contribution in [2.75, 3.05) is 37.9 Å². The molecule has 0 saturated carbocycles. The average molecular weight is 442 g/mol. The topological polar surface area (TPSA) is 69.7 Å². The van der Waals surface area contributed by atoms with E-state index in [1.165, 1.54) is 11.3 Å². The van der Waals surface area contributed by atoms with Gasteiger partial charge in [0, 0.05) is 26.2 Å². The summed E-state index contributed by atoms with van der Waals surface area (Å²) < 4.78 is 28.4. The number of hydrogen-bond donors (Lipinski definition) is 1. The van der Waals surface area contributed by atoms with Gasteiger partial charge in [0.25, 0.3) is 15.9 Å². The Labute approximate surface area is 180 Å². The molecular weight excluding hydrogens is 418 g/mol. The second-order valence-electron chi connectivity index (χ2n) is 7.25. The molecule has 0 bridgehead atoms. The van der Waals surface area contributed by atoms with Crippen LogP contribution in [0.1, 0.15) is 10.4 Å². The molecule has 0 radical (unpaired) electrons. The number of likely N-dealkylation sites (N-methyl/N-ethyl adjacent to an activating group) is 1. The molecule has 0 aliphatic carbocycles. The van der Waals surface area contributed by atoms with E-state index in [1.807, 2.05) is 37.4 Å². The number of hydrogen-bond acceptors (Lipinski definition) is 5. The molecule has 4 rings (SSSR count). The molecule has 1 fully saturated rings. The van der Waals surface area contributed by atoms with Crippen molar-refractivity contribution in [3.05, 3.63) is 71.6 Å². The highest BCUT2D eigenvalue weighted by atomic mass is 32.2. The molecule has 1 saturated heterocycles. The van der Waals surface area contributed by atoms with Crippen LogP contribution >= 0.6 is 11.3 Å². The van der Waals surface area contributed by atoms with Gasteiger partial charge in [-0.1, -0.05) is 42.5 Å². The number of amides is 1. The lowest BCUT2D eigenvalue weighted by molar-refractivity contribution is 0.0665. The van der Waals surface area contributed by atoms with Crippen molar-refractivity contribution in [1.29, 1.82) is 0 Å². The van der Waals surface area contributed by atoms with Gasteiger partial charge in [0.05, 0.1) is 10.5 Å². The third-order valence-electron chi connectivity index (χ3n) is 5.18. The van der Waals surface area contributed by atoms with Crippen LogP contribution in [0.25, 0.3) is 11.1 Å². The van der Waals surface area contributed by atoms with Gasteiger partial charge in [0.2, 0.25) is 0 Å². The Kier molecular flexibility index (Phi) is 5.90. The number of carbonyl (C=O) groups excluding carboxylic acids is 1. The summed E-state index contributed by atoms with van der Waals surface area (Å²) in [6.07, 6.45) is 0. The van der Waals surface area contributed by atoms with Crippen molar-refractivity contribution >= 4 is 32.3 Å². The molecular formula is C22H23N3O3S2. The van der Waals surface area contributed by atoms with Gasteiger partial charge in [0.15, 0.2) is 0 Å². The molecule has 3 aromatic rings. The summed E-state index contributed by atoms with van der Waals surface area (Å²) in [5, 5.41) is 2.09. The quantitative estimate of drug-likeness (QED) is 0.657. The number of sulfonamides is 1. The van der Waals surface area contributed by atoms with Gasteiger partial charge in [-0.25, -0.2) is 8.42 Å². The molecule has 8 heteroatoms. The van der Waals surface area contributed by atoms with E-state index in [4.69, 9.17) is 0 Å². The van der Waals surface area contributed by atoms with Crippen LogP contribution in [0.5, 0.6) is 0 Å². The number of thiophene rings is 1. The maximum atomic E-state index is 12.9. The Morgan fingerprint density at radius 1 is 0.900 bits per heavy atom. The monoisotopic (exact) mass is 441 g/mol. The highest BCUT2D eigenvalue weighted by Crippen LogP contribution is 2.28. The summed E-state index contributed by atoms with van der Waals surface area (Å²) in [5.41, 5.74) is 2.36. The largest absolute Gasteiger partial charge is 0.336 e. The van der Waals surface area contributed by atoms with E-state index < -0.39 is 10.0 Å². The molecule has 0 spiro atoms. The summed E-state index contributed by atoms with van der Waals surface area (Å²) in [5.74, 6) is -0.138. The third kappa shape index (κ3) is 4.40. The number of nitrogens with zero attached hydrogens (tertiary/aromatic N) is 2. The van der Waals surface area contributed by atoms with Crippen molar-refractivity contribution in [2.45, 2.75) is 4.90 Å². The second-order valence-corrected chi connectivity index (χ2v) is 9.85. The molecule has 1 aliphatic heterocycles. The number of benzene rings is 2. The number of rotatable bonds is 5. The fourth-order valence-corrected chi connectivity index (χ4v) is 5.49. The molecule has 6 nitrogen and oxygen atoms in total. The summed E-state index contributed by atoms with van der Waals surface area (Å²) in [6.45, 7) is 2.89. The van der Waals surface area contributed by atoms with E-state index in [0.29, 0.717) is 23.7 Å². The minimum absolute atomic E-state index is 0.138. The first-order valence-corrected chi connectivity index (χ1v) is 12.0. The van der Waals surface area contributed by atoms with E-state index in [1.54, 1.807) is 40.6 Å². The van der Waals surface area contributed by atoms with E-state index in [2.05, 4.69) is 9.62 Å². The number of nitrogens with one attached hydrogen (secondary N) is 1. The Morgan fingerprint density at radius 2 is 1.53 bits per heavy atom. The Balaban J connectivity index is 1.52. The maximum absolute atomic E-state index is 12.9. The van der Waals surface area contributed by atoms with Gasteiger partial charge in [-0.3, -0.25) is 9.52 Å². The first-order chi connectivity index (χ1) is 14.4. The Morgan fingerprint density at radius 3 is 2.20 bits per heavy atom. The zero-order valence-electron chi connectivity index (χ0n) is 16.6. The van der Waals surface area contributed by atoms with Crippen LogP contribution in [0.2, 0.25) is 0 Å². The van der Waals surface area contributed by atoms with Gasteiger partial charge in [0.1, 0.15) is 5.00 Å². The third-order valence-corrected chi connectivity index (χ3v) is 7.51. The molecule has 2 aromatic carbocycles. The Bertz CT molecular complexity index is 1120. The Hall–Kier alpha value is -2.68. The van der Waals surface area contributed by atoms with Crippen molar-refractivity contribution in [1.82, 2.24) is 9.80 Å². The van der Waals surface area contributed by atoms with Crippen LogP contribution in [0, 0.1) is 0 Å². The normalized spacial score (nSPS) is 15.2. The van der Waals surface area contributed by atoms with Crippen LogP contribution in [0.3, 0.4) is 0 Å². The SMILES string of the molecule is CN1CCN(C(=O)c2ccsc2NS(=O)(=O)c2ccc(-c3ccccc3)cc2)CC1. The lowest BCUT2D eigenvalue weighted by atomic mass is 10.1. The lowest BCUT2D eigenvalue weighted by Crippen LogP contribution is -2.47. The number of piperazine rings is 1. The van der Waals surface area contributed by atoms with Gasteiger partial charge >= 0.3 is 0 Å². The van der Waals surface area contributed by atoms with E-state index in [0.717, 1.165) is 24.2 Å². The van der Waals surface area contributed by atoms with Crippen LogP contribution in [0.4, 0.5) is 5.00 Å². The second kappa shape index (κ2) is 8.59. The van der Waals surface area contributed by atoms with Gasteiger partial charge in [-0.15, -0.1) is 11.3 Å². The molecule has 1 aromatic heterocycles.